The lowest BCUT2D eigenvalue weighted by Gasteiger charge is -2.35. The zero-order chi connectivity index (χ0) is 6.69. The molecule has 0 aromatic carbocycles. The molecule has 0 saturated carbocycles. The Kier molecular flexibility index (Phi) is 2.49. The average Bonchev–Trinajstić information content (AvgIpc) is 1.82. The summed E-state index contributed by atoms with van der Waals surface area (Å²) in [5.41, 5.74) is 0. The van der Waals surface area contributed by atoms with Gasteiger partial charge in [0.2, 0.25) is 0 Å². The third kappa shape index (κ3) is 1.43. The summed E-state index contributed by atoms with van der Waals surface area (Å²) in [6, 6.07) is 0. The van der Waals surface area contributed by atoms with E-state index in [1.807, 2.05) is 0 Å². The summed E-state index contributed by atoms with van der Waals surface area (Å²) in [5.74, 6) is 0.755. The van der Waals surface area contributed by atoms with Crippen molar-refractivity contribution in [2.24, 2.45) is 5.92 Å². The molecule has 0 aromatic heterocycles. The summed E-state index contributed by atoms with van der Waals surface area (Å²) in [5, 5.41) is 0. The molecule has 0 aromatic rings. The molecule has 1 aliphatic heterocycles. The van der Waals surface area contributed by atoms with Crippen molar-refractivity contribution in [1.29, 1.82) is 0 Å². The van der Waals surface area contributed by atoms with Crippen molar-refractivity contribution in [2.45, 2.75) is 19.4 Å². The fraction of sp³-hybridized carbons (Fsp3) is 1.00. The lowest BCUT2D eigenvalue weighted by atomic mass is 9.96. The molecule has 2 nitrogen and oxygen atoms in total. The number of hydrogen-bond acceptors (Lipinski definition) is 2. The Balaban J connectivity index is 2.11. The van der Waals surface area contributed by atoms with E-state index >= 15 is 0 Å². The Hall–Kier alpha value is -0.0800. The van der Waals surface area contributed by atoms with E-state index in [0.29, 0.717) is 6.10 Å². The predicted molar refractivity (Wildman–Crippen MR) is 35.4 cm³/mol. The standard InChI is InChI=1S/C7H14O2/c1-3-6-4-9-7(6)5-8-2/h6-7H,3-5H2,1-2H3. The van der Waals surface area contributed by atoms with Crippen molar-refractivity contribution in [3.63, 3.8) is 0 Å². The van der Waals surface area contributed by atoms with E-state index in [4.69, 9.17) is 9.47 Å². The molecule has 0 bridgehead atoms. The maximum absolute atomic E-state index is 5.25. The van der Waals surface area contributed by atoms with Gasteiger partial charge in [-0.15, -0.1) is 0 Å². The van der Waals surface area contributed by atoms with Crippen LogP contribution in [-0.4, -0.2) is 26.4 Å². The largest absolute Gasteiger partial charge is 0.382 e. The van der Waals surface area contributed by atoms with Crippen LogP contribution in [0.4, 0.5) is 0 Å². The third-order valence-electron chi connectivity index (χ3n) is 1.91. The van der Waals surface area contributed by atoms with Gasteiger partial charge in [0.25, 0.3) is 0 Å². The van der Waals surface area contributed by atoms with Crippen LogP contribution in [0.1, 0.15) is 13.3 Å². The molecule has 2 heteroatoms. The minimum Gasteiger partial charge on any atom is -0.382 e. The van der Waals surface area contributed by atoms with Crippen LogP contribution in [-0.2, 0) is 9.47 Å². The quantitative estimate of drug-likeness (QED) is 0.568. The number of rotatable bonds is 3. The number of methoxy groups -OCH3 is 1. The van der Waals surface area contributed by atoms with Gasteiger partial charge < -0.3 is 9.47 Å². The van der Waals surface area contributed by atoms with E-state index in [0.717, 1.165) is 19.1 Å². The van der Waals surface area contributed by atoms with E-state index in [1.54, 1.807) is 7.11 Å². The molecule has 1 aliphatic rings. The highest BCUT2D eigenvalue weighted by molar-refractivity contribution is 4.76. The molecule has 1 fully saturated rings. The minimum atomic E-state index is 0.389. The second-order valence-corrected chi connectivity index (χ2v) is 2.50. The summed E-state index contributed by atoms with van der Waals surface area (Å²) in [7, 11) is 1.72. The monoisotopic (exact) mass is 130 g/mol. The Morgan fingerprint density at radius 1 is 1.67 bits per heavy atom. The molecule has 9 heavy (non-hydrogen) atoms. The Morgan fingerprint density at radius 2 is 2.44 bits per heavy atom. The predicted octanol–water partition coefficient (Wildman–Crippen LogP) is 1.06. The smallest absolute Gasteiger partial charge is 0.0858 e. The SMILES string of the molecule is CCC1COC1COC. The molecule has 2 unspecified atom stereocenters. The summed E-state index contributed by atoms with van der Waals surface area (Å²) in [6.07, 6.45) is 1.61. The molecule has 0 aliphatic carbocycles. The van der Waals surface area contributed by atoms with Crippen LogP contribution in [0.25, 0.3) is 0 Å². The van der Waals surface area contributed by atoms with E-state index in [1.165, 1.54) is 6.42 Å². The van der Waals surface area contributed by atoms with Gasteiger partial charge in [-0.05, 0) is 6.42 Å². The molecule has 0 radical (unpaired) electrons. The van der Waals surface area contributed by atoms with E-state index in [9.17, 15) is 0 Å². The van der Waals surface area contributed by atoms with Gasteiger partial charge in [0.1, 0.15) is 0 Å². The van der Waals surface area contributed by atoms with Crippen LogP contribution in [0.2, 0.25) is 0 Å². The molecule has 1 saturated heterocycles. The van der Waals surface area contributed by atoms with Crippen LogP contribution < -0.4 is 0 Å². The van der Waals surface area contributed by atoms with Gasteiger partial charge in [0.05, 0.1) is 19.3 Å². The first-order chi connectivity index (χ1) is 4.38. The van der Waals surface area contributed by atoms with Crippen LogP contribution in [0.3, 0.4) is 0 Å². The van der Waals surface area contributed by atoms with Crippen molar-refractivity contribution < 1.29 is 9.47 Å². The van der Waals surface area contributed by atoms with E-state index in [2.05, 4.69) is 6.92 Å². The molecular weight excluding hydrogens is 116 g/mol. The zero-order valence-corrected chi connectivity index (χ0v) is 6.09. The van der Waals surface area contributed by atoms with Gasteiger partial charge in [0, 0.05) is 13.0 Å². The molecule has 54 valence electrons. The summed E-state index contributed by atoms with van der Waals surface area (Å²) < 4.78 is 10.2. The highest BCUT2D eigenvalue weighted by Gasteiger charge is 2.29. The normalized spacial score (nSPS) is 34.0. The molecule has 0 N–H and O–H groups in total. The van der Waals surface area contributed by atoms with Crippen molar-refractivity contribution in [3.05, 3.63) is 0 Å². The Labute approximate surface area is 56.2 Å². The molecule has 1 rings (SSSR count). The molecular formula is C7H14O2. The van der Waals surface area contributed by atoms with E-state index in [-0.39, 0.29) is 0 Å². The lowest BCUT2D eigenvalue weighted by molar-refractivity contribution is -0.141. The highest BCUT2D eigenvalue weighted by atomic mass is 16.5. The first-order valence-corrected chi connectivity index (χ1v) is 3.49. The lowest BCUT2D eigenvalue weighted by Crippen LogP contribution is -2.42. The maximum atomic E-state index is 5.25. The summed E-state index contributed by atoms with van der Waals surface area (Å²) >= 11 is 0. The van der Waals surface area contributed by atoms with Crippen molar-refractivity contribution in [1.82, 2.24) is 0 Å². The van der Waals surface area contributed by atoms with Crippen molar-refractivity contribution in [3.8, 4) is 0 Å². The molecule has 1 heterocycles. The first-order valence-electron chi connectivity index (χ1n) is 3.49. The number of ether oxygens (including phenoxy) is 2. The van der Waals surface area contributed by atoms with Crippen LogP contribution >= 0.6 is 0 Å². The van der Waals surface area contributed by atoms with Gasteiger partial charge in [-0.2, -0.15) is 0 Å². The average molecular weight is 130 g/mol. The van der Waals surface area contributed by atoms with Gasteiger partial charge in [0.15, 0.2) is 0 Å². The molecule has 0 spiro atoms. The topological polar surface area (TPSA) is 18.5 Å². The van der Waals surface area contributed by atoms with Gasteiger partial charge in [-0.1, -0.05) is 6.92 Å². The zero-order valence-electron chi connectivity index (χ0n) is 6.09. The first kappa shape index (κ1) is 7.03. The third-order valence-corrected chi connectivity index (χ3v) is 1.91. The second kappa shape index (κ2) is 3.18. The highest BCUT2D eigenvalue weighted by Crippen LogP contribution is 2.22. The van der Waals surface area contributed by atoms with Crippen LogP contribution in [0, 0.1) is 5.92 Å². The van der Waals surface area contributed by atoms with Crippen LogP contribution in [0.15, 0.2) is 0 Å². The van der Waals surface area contributed by atoms with Gasteiger partial charge in [-0.3, -0.25) is 0 Å². The van der Waals surface area contributed by atoms with Crippen molar-refractivity contribution >= 4 is 0 Å². The fourth-order valence-electron chi connectivity index (χ4n) is 1.10. The van der Waals surface area contributed by atoms with E-state index < -0.39 is 0 Å². The van der Waals surface area contributed by atoms with Gasteiger partial charge >= 0.3 is 0 Å². The molecule has 2 atom stereocenters. The Morgan fingerprint density at radius 3 is 2.78 bits per heavy atom. The minimum absolute atomic E-state index is 0.389. The number of hydrogen-bond donors (Lipinski definition) is 0. The fourth-order valence-corrected chi connectivity index (χ4v) is 1.10. The van der Waals surface area contributed by atoms with Gasteiger partial charge in [-0.25, -0.2) is 0 Å². The maximum Gasteiger partial charge on any atom is 0.0858 e. The van der Waals surface area contributed by atoms with Crippen LogP contribution in [0.5, 0.6) is 0 Å². The summed E-state index contributed by atoms with van der Waals surface area (Å²) in [6.45, 7) is 3.89. The molecule has 0 amide bonds. The Bertz CT molecular complexity index is 81.0. The summed E-state index contributed by atoms with van der Waals surface area (Å²) in [4.78, 5) is 0. The van der Waals surface area contributed by atoms with Crippen molar-refractivity contribution in [2.75, 3.05) is 20.3 Å². The second-order valence-electron chi connectivity index (χ2n) is 2.50.